The molecule has 4 heteroatoms. The smallest absolute Gasteiger partial charge is 0.234 e. The summed E-state index contributed by atoms with van der Waals surface area (Å²) in [6.45, 7) is 0. The summed E-state index contributed by atoms with van der Waals surface area (Å²) >= 11 is 5.81. The summed E-state index contributed by atoms with van der Waals surface area (Å²) < 4.78 is 0. The van der Waals surface area contributed by atoms with E-state index in [1.165, 1.54) is 10.5 Å². The van der Waals surface area contributed by atoms with Gasteiger partial charge in [-0.05, 0) is 36.3 Å². The number of benzene rings is 1. The van der Waals surface area contributed by atoms with Gasteiger partial charge in [0.15, 0.2) is 0 Å². The number of hydrogen-bond acceptors (Lipinski definition) is 3. The maximum Gasteiger partial charge on any atom is 0.234 e. The van der Waals surface area contributed by atoms with Crippen molar-refractivity contribution < 1.29 is 4.79 Å². The molecule has 1 amide bonds. The average molecular weight is 239 g/mol. The molecule has 80 valence electrons. The molecule has 0 spiro atoms. The van der Waals surface area contributed by atoms with Crippen molar-refractivity contribution in [2.45, 2.75) is 17.7 Å². The van der Waals surface area contributed by atoms with E-state index in [0.29, 0.717) is 5.75 Å². The van der Waals surface area contributed by atoms with Crippen molar-refractivity contribution in [3.63, 3.8) is 0 Å². The normalized spacial score (nSPS) is 14.6. The van der Waals surface area contributed by atoms with Crippen LogP contribution in [-0.4, -0.2) is 17.4 Å². The summed E-state index contributed by atoms with van der Waals surface area (Å²) in [6, 6.07) is 6.24. The predicted octanol–water partition coefficient (Wildman–Crippen LogP) is 2.59. The van der Waals surface area contributed by atoms with E-state index in [2.05, 4.69) is 30.1 Å². The zero-order chi connectivity index (χ0) is 10.7. The molecule has 0 atom stereocenters. The summed E-state index contributed by atoms with van der Waals surface area (Å²) in [6.07, 6.45) is 2.16. The molecule has 0 saturated carbocycles. The summed E-state index contributed by atoms with van der Waals surface area (Å²) in [5.41, 5.74) is 2.28. The van der Waals surface area contributed by atoms with Crippen molar-refractivity contribution in [1.82, 2.24) is 0 Å². The van der Waals surface area contributed by atoms with Crippen LogP contribution in [0, 0.1) is 0 Å². The number of anilines is 1. The number of amides is 1. The molecule has 15 heavy (non-hydrogen) atoms. The fourth-order valence-electron chi connectivity index (χ4n) is 1.56. The van der Waals surface area contributed by atoms with E-state index in [1.807, 2.05) is 6.07 Å². The molecule has 0 saturated heterocycles. The van der Waals surface area contributed by atoms with E-state index in [9.17, 15) is 4.79 Å². The SMILES string of the molecule is O=C1CSc2cc(CCCS)ccc2N1. The average Bonchev–Trinajstić information content (AvgIpc) is 2.26. The molecule has 2 rings (SSSR count). The second-order valence-corrected chi connectivity index (χ2v) is 4.96. The number of thiol groups is 1. The Balaban J connectivity index is 2.15. The number of nitrogens with one attached hydrogen (secondary N) is 1. The highest BCUT2D eigenvalue weighted by Crippen LogP contribution is 2.32. The zero-order valence-corrected chi connectivity index (χ0v) is 10.0. The summed E-state index contributed by atoms with van der Waals surface area (Å²) in [5, 5.41) is 2.87. The highest BCUT2D eigenvalue weighted by Gasteiger charge is 2.14. The second kappa shape index (κ2) is 4.94. The minimum absolute atomic E-state index is 0.0932. The van der Waals surface area contributed by atoms with E-state index in [4.69, 9.17) is 0 Å². The van der Waals surface area contributed by atoms with Crippen molar-refractivity contribution in [3.8, 4) is 0 Å². The van der Waals surface area contributed by atoms with Crippen LogP contribution in [0.1, 0.15) is 12.0 Å². The Kier molecular flexibility index (Phi) is 3.59. The van der Waals surface area contributed by atoms with E-state index >= 15 is 0 Å². The molecule has 0 radical (unpaired) electrons. The lowest BCUT2D eigenvalue weighted by atomic mass is 10.1. The van der Waals surface area contributed by atoms with Gasteiger partial charge in [-0.1, -0.05) is 6.07 Å². The number of aryl methyl sites for hydroxylation is 1. The van der Waals surface area contributed by atoms with Crippen LogP contribution < -0.4 is 5.32 Å². The highest BCUT2D eigenvalue weighted by atomic mass is 32.2. The molecule has 1 aromatic rings. The third-order valence-electron chi connectivity index (χ3n) is 2.30. The summed E-state index contributed by atoms with van der Waals surface area (Å²) in [4.78, 5) is 12.3. The van der Waals surface area contributed by atoms with Crippen LogP contribution >= 0.6 is 24.4 Å². The number of hydrogen-bond donors (Lipinski definition) is 2. The van der Waals surface area contributed by atoms with Crippen LogP contribution in [0.15, 0.2) is 23.1 Å². The fraction of sp³-hybridized carbons (Fsp3) is 0.364. The van der Waals surface area contributed by atoms with Gasteiger partial charge in [0.1, 0.15) is 0 Å². The van der Waals surface area contributed by atoms with Gasteiger partial charge in [-0.25, -0.2) is 0 Å². The Morgan fingerprint density at radius 2 is 2.33 bits per heavy atom. The van der Waals surface area contributed by atoms with Crippen LogP contribution in [0.2, 0.25) is 0 Å². The van der Waals surface area contributed by atoms with Gasteiger partial charge in [0, 0.05) is 4.90 Å². The Hall–Kier alpha value is -0.610. The molecule has 2 nitrogen and oxygen atoms in total. The zero-order valence-electron chi connectivity index (χ0n) is 8.32. The van der Waals surface area contributed by atoms with Gasteiger partial charge in [0.25, 0.3) is 0 Å². The number of thioether (sulfide) groups is 1. The van der Waals surface area contributed by atoms with Gasteiger partial charge in [0.2, 0.25) is 5.91 Å². The Morgan fingerprint density at radius 3 is 3.13 bits per heavy atom. The van der Waals surface area contributed by atoms with Gasteiger partial charge in [-0.3, -0.25) is 4.79 Å². The lowest BCUT2D eigenvalue weighted by Gasteiger charge is -2.16. The molecular formula is C11H13NOS2. The first kappa shape index (κ1) is 10.9. The number of carbonyl (C=O) groups excluding carboxylic acids is 1. The van der Waals surface area contributed by atoms with Crippen molar-refractivity contribution in [1.29, 1.82) is 0 Å². The quantitative estimate of drug-likeness (QED) is 0.794. The molecule has 0 aromatic heterocycles. The number of rotatable bonds is 3. The predicted molar refractivity (Wildman–Crippen MR) is 68.0 cm³/mol. The molecule has 0 fully saturated rings. The number of carbonyl (C=O) groups is 1. The largest absolute Gasteiger partial charge is 0.324 e. The molecule has 1 aliphatic rings. The molecule has 1 aromatic carbocycles. The van der Waals surface area contributed by atoms with Gasteiger partial charge in [-0.2, -0.15) is 12.6 Å². The first-order valence-corrected chi connectivity index (χ1v) is 6.58. The molecular weight excluding hydrogens is 226 g/mol. The van der Waals surface area contributed by atoms with Gasteiger partial charge < -0.3 is 5.32 Å². The van der Waals surface area contributed by atoms with Crippen molar-refractivity contribution in [2.24, 2.45) is 0 Å². The third-order valence-corrected chi connectivity index (χ3v) is 3.67. The maximum atomic E-state index is 11.1. The Labute approximate surface area is 99.2 Å². The molecule has 1 N–H and O–H groups in total. The Morgan fingerprint density at radius 1 is 1.47 bits per heavy atom. The molecule has 0 unspecified atom stereocenters. The molecule has 0 bridgehead atoms. The minimum atomic E-state index is 0.0932. The van der Waals surface area contributed by atoms with Gasteiger partial charge in [0.05, 0.1) is 11.4 Å². The van der Waals surface area contributed by atoms with Crippen LogP contribution in [0.3, 0.4) is 0 Å². The Bertz CT molecular complexity index is 379. The monoisotopic (exact) mass is 239 g/mol. The van der Waals surface area contributed by atoms with Crippen molar-refractivity contribution in [3.05, 3.63) is 23.8 Å². The lowest BCUT2D eigenvalue weighted by Crippen LogP contribution is -2.18. The second-order valence-electron chi connectivity index (χ2n) is 3.49. The van der Waals surface area contributed by atoms with E-state index < -0.39 is 0 Å². The van der Waals surface area contributed by atoms with E-state index in [1.54, 1.807) is 11.8 Å². The lowest BCUT2D eigenvalue weighted by molar-refractivity contribution is -0.113. The van der Waals surface area contributed by atoms with Gasteiger partial charge >= 0.3 is 0 Å². The van der Waals surface area contributed by atoms with Crippen LogP contribution in [0.4, 0.5) is 5.69 Å². The molecule has 0 aliphatic carbocycles. The summed E-state index contributed by atoms with van der Waals surface area (Å²) in [5.74, 6) is 1.54. The fourth-order valence-corrected chi connectivity index (χ4v) is 2.58. The standard InChI is InChI=1S/C11H13NOS2/c13-11-7-15-10-6-8(2-1-5-14)3-4-9(10)12-11/h3-4,6,14H,1-2,5,7H2,(H,12,13). The van der Waals surface area contributed by atoms with E-state index in [-0.39, 0.29) is 5.91 Å². The van der Waals surface area contributed by atoms with Crippen LogP contribution in [0.5, 0.6) is 0 Å². The molecule has 1 aliphatic heterocycles. The van der Waals surface area contributed by atoms with Gasteiger partial charge in [-0.15, -0.1) is 11.8 Å². The third kappa shape index (κ3) is 2.69. The maximum absolute atomic E-state index is 11.1. The van der Waals surface area contributed by atoms with Crippen molar-refractivity contribution in [2.75, 3.05) is 16.8 Å². The topological polar surface area (TPSA) is 29.1 Å². The van der Waals surface area contributed by atoms with Crippen molar-refractivity contribution >= 4 is 36.0 Å². The molecule has 1 heterocycles. The first-order chi connectivity index (χ1) is 7.29. The van der Waals surface area contributed by atoms with Crippen LogP contribution in [0.25, 0.3) is 0 Å². The summed E-state index contributed by atoms with van der Waals surface area (Å²) in [7, 11) is 0. The first-order valence-electron chi connectivity index (χ1n) is 4.96. The minimum Gasteiger partial charge on any atom is -0.324 e. The van der Waals surface area contributed by atoms with Crippen LogP contribution in [-0.2, 0) is 11.2 Å². The highest BCUT2D eigenvalue weighted by molar-refractivity contribution is 8.00. The van der Waals surface area contributed by atoms with E-state index in [0.717, 1.165) is 24.3 Å². The number of fused-ring (bicyclic) bond motifs is 1.